The van der Waals surface area contributed by atoms with Gasteiger partial charge in [0.2, 0.25) is 5.91 Å². The molecule has 0 saturated carbocycles. The molecule has 2 fully saturated rings. The predicted octanol–water partition coefficient (Wildman–Crippen LogP) is -0.0515. The van der Waals surface area contributed by atoms with Gasteiger partial charge in [-0.2, -0.15) is 0 Å². The van der Waals surface area contributed by atoms with Crippen molar-refractivity contribution >= 4 is 29.2 Å². The molecule has 2 atom stereocenters. The zero-order valence-electron chi connectivity index (χ0n) is 11.3. The highest BCUT2D eigenvalue weighted by molar-refractivity contribution is 7.10. The molecule has 112 valence electrons. The van der Waals surface area contributed by atoms with Crippen LogP contribution in [0.25, 0.3) is 0 Å². The van der Waals surface area contributed by atoms with Crippen LogP contribution < -0.4 is 16.4 Å². The smallest absolute Gasteiger partial charge is 0.322 e. The van der Waals surface area contributed by atoms with Gasteiger partial charge in [-0.05, 0) is 24.3 Å². The van der Waals surface area contributed by atoms with Gasteiger partial charge in [0.15, 0.2) is 0 Å². The molecule has 0 aliphatic carbocycles. The van der Waals surface area contributed by atoms with Crippen molar-refractivity contribution in [3.8, 4) is 0 Å². The lowest BCUT2D eigenvalue weighted by Crippen LogP contribution is -2.60. The van der Waals surface area contributed by atoms with Crippen molar-refractivity contribution in [1.82, 2.24) is 15.5 Å². The summed E-state index contributed by atoms with van der Waals surface area (Å²) in [6.45, 7) is 0.714. The van der Waals surface area contributed by atoms with E-state index in [0.717, 1.165) is 4.88 Å². The first-order valence-corrected chi connectivity index (χ1v) is 7.61. The standard InChI is InChI=1S/C13H16N4O3S/c14-9(8-3-1-6-21-8)10(18)17-5-2-4-13(7-17)11(19)15-12(20)16-13/h1,3,6,9H,2,4-5,7,14H2,(H2,15,16,19,20). The van der Waals surface area contributed by atoms with E-state index in [0.29, 0.717) is 19.4 Å². The zero-order chi connectivity index (χ0) is 15.0. The number of likely N-dealkylation sites (tertiary alicyclic amines) is 1. The first-order valence-electron chi connectivity index (χ1n) is 6.73. The van der Waals surface area contributed by atoms with Crippen molar-refractivity contribution in [2.24, 2.45) is 5.73 Å². The molecule has 4 amide bonds. The van der Waals surface area contributed by atoms with Gasteiger partial charge in [0.1, 0.15) is 11.6 Å². The summed E-state index contributed by atoms with van der Waals surface area (Å²) in [5, 5.41) is 6.75. The highest BCUT2D eigenvalue weighted by Gasteiger charge is 2.49. The molecule has 3 rings (SSSR count). The van der Waals surface area contributed by atoms with Crippen molar-refractivity contribution in [3.63, 3.8) is 0 Å². The summed E-state index contributed by atoms with van der Waals surface area (Å²) < 4.78 is 0. The lowest BCUT2D eigenvalue weighted by atomic mass is 9.89. The second-order valence-corrected chi connectivity index (χ2v) is 6.33. The maximum absolute atomic E-state index is 12.5. The Morgan fingerprint density at radius 3 is 2.90 bits per heavy atom. The van der Waals surface area contributed by atoms with Crippen molar-refractivity contribution < 1.29 is 14.4 Å². The van der Waals surface area contributed by atoms with Gasteiger partial charge in [-0.3, -0.25) is 14.9 Å². The van der Waals surface area contributed by atoms with Gasteiger partial charge in [-0.25, -0.2) is 4.79 Å². The van der Waals surface area contributed by atoms with Crippen LogP contribution in [0, 0.1) is 0 Å². The lowest BCUT2D eigenvalue weighted by Gasteiger charge is -2.38. The van der Waals surface area contributed by atoms with Crippen LogP contribution in [0.4, 0.5) is 4.79 Å². The van der Waals surface area contributed by atoms with Crippen molar-refractivity contribution in [1.29, 1.82) is 0 Å². The maximum atomic E-state index is 12.5. The molecule has 1 spiro atoms. The number of hydrogen-bond acceptors (Lipinski definition) is 5. The minimum atomic E-state index is -1.000. The molecule has 2 saturated heterocycles. The minimum Gasteiger partial charge on any atom is -0.338 e. The van der Waals surface area contributed by atoms with Gasteiger partial charge >= 0.3 is 6.03 Å². The first kappa shape index (κ1) is 14.0. The number of amides is 4. The summed E-state index contributed by atoms with van der Waals surface area (Å²) >= 11 is 1.43. The van der Waals surface area contributed by atoms with Crippen LogP contribution in [-0.4, -0.2) is 41.4 Å². The van der Waals surface area contributed by atoms with E-state index in [-0.39, 0.29) is 18.4 Å². The van der Waals surface area contributed by atoms with Gasteiger partial charge in [0.25, 0.3) is 5.91 Å². The Bertz CT molecular complexity index is 588. The summed E-state index contributed by atoms with van der Waals surface area (Å²) in [4.78, 5) is 38.2. The molecule has 3 heterocycles. The summed E-state index contributed by atoms with van der Waals surface area (Å²) in [5.41, 5.74) is 4.99. The van der Waals surface area contributed by atoms with Crippen LogP contribution in [0.1, 0.15) is 23.8 Å². The average molecular weight is 308 g/mol. The molecule has 4 N–H and O–H groups in total. The number of urea groups is 1. The second-order valence-electron chi connectivity index (χ2n) is 5.35. The van der Waals surface area contributed by atoms with Crippen LogP contribution >= 0.6 is 11.3 Å². The normalized spacial score (nSPS) is 26.6. The van der Waals surface area contributed by atoms with Gasteiger partial charge < -0.3 is 16.0 Å². The number of hydrogen-bond donors (Lipinski definition) is 3. The molecular formula is C13H16N4O3S. The van der Waals surface area contributed by atoms with Crippen molar-refractivity contribution in [3.05, 3.63) is 22.4 Å². The zero-order valence-corrected chi connectivity index (χ0v) is 12.1. The summed E-state index contributed by atoms with van der Waals surface area (Å²) in [7, 11) is 0. The summed E-state index contributed by atoms with van der Waals surface area (Å²) in [5.74, 6) is -0.583. The number of imide groups is 1. The second kappa shape index (κ2) is 5.12. The Balaban J connectivity index is 1.76. The number of rotatable bonds is 2. The highest BCUT2D eigenvalue weighted by atomic mass is 32.1. The van der Waals surface area contributed by atoms with Crippen LogP contribution in [0.15, 0.2) is 17.5 Å². The molecule has 0 radical (unpaired) electrons. The summed E-state index contributed by atoms with van der Waals surface area (Å²) in [6, 6.07) is 2.43. The monoisotopic (exact) mass is 308 g/mol. The number of piperidine rings is 1. The largest absolute Gasteiger partial charge is 0.338 e. The molecule has 1 aromatic heterocycles. The third-order valence-corrected chi connectivity index (χ3v) is 4.89. The van der Waals surface area contributed by atoms with E-state index in [4.69, 9.17) is 5.73 Å². The van der Waals surface area contributed by atoms with Gasteiger partial charge in [0.05, 0.1) is 6.54 Å². The highest BCUT2D eigenvalue weighted by Crippen LogP contribution is 2.27. The Labute approximate surface area is 125 Å². The van der Waals surface area contributed by atoms with E-state index in [2.05, 4.69) is 10.6 Å². The topological polar surface area (TPSA) is 105 Å². The Morgan fingerprint density at radius 2 is 2.29 bits per heavy atom. The van der Waals surface area contributed by atoms with Gasteiger partial charge in [-0.1, -0.05) is 6.07 Å². The van der Waals surface area contributed by atoms with Crippen LogP contribution in [0.5, 0.6) is 0 Å². The average Bonchev–Trinajstić information content (AvgIpc) is 3.07. The van der Waals surface area contributed by atoms with Gasteiger partial charge in [0, 0.05) is 11.4 Å². The number of carbonyl (C=O) groups excluding carboxylic acids is 3. The molecule has 2 aliphatic heterocycles. The van der Waals surface area contributed by atoms with Crippen molar-refractivity contribution in [2.75, 3.05) is 13.1 Å². The molecule has 0 aromatic carbocycles. The molecule has 8 heteroatoms. The number of nitrogens with two attached hydrogens (primary N) is 1. The fourth-order valence-electron chi connectivity index (χ4n) is 2.85. The SMILES string of the molecule is NC(C(=O)N1CCCC2(C1)NC(=O)NC2=O)c1cccs1. The fourth-order valence-corrected chi connectivity index (χ4v) is 3.56. The third kappa shape index (κ3) is 2.40. The Kier molecular flexibility index (Phi) is 3.42. The Hall–Kier alpha value is -1.93. The predicted molar refractivity (Wildman–Crippen MR) is 76.5 cm³/mol. The van der Waals surface area contributed by atoms with E-state index in [1.807, 2.05) is 17.5 Å². The lowest BCUT2D eigenvalue weighted by molar-refractivity contribution is -0.137. The Morgan fingerprint density at radius 1 is 1.48 bits per heavy atom. The summed E-state index contributed by atoms with van der Waals surface area (Å²) in [6.07, 6.45) is 1.18. The van der Waals surface area contributed by atoms with Gasteiger partial charge in [-0.15, -0.1) is 11.3 Å². The van der Waals surface area contributed by atoms with Crippen molar-refractivity contribution in [2.45, 2.75) is 24.4 Å². The molecule has 2 aliphatic rings. The molecule has 0 bridgehead atoms. The fraction of sp³-hybridized carbons (Fsp3) is 0.462. The van der Waals surface area contributed by atoms with E-state index in [1.165, 1.54) is 11.3 Å². The number of nitrogens with zero attached hydrogens (tertiary/aromatic N) is 1. The van der Waals surface area contributed by atoms with E-state index >= 15 is 0 Å². The van der Waals surface area contributed by atoms with E-state index in [9.17, 15) is 14.4 Å². The quantitative estimate of drug-likeness (QED) is 0.666. The van der Waals surface area contributed by atoms with Crippen LogP contribution in [0.2, 0.25) is 0 Å². The van der Waals surface area contributed by atoms with E-state index < -0.39 is 17.6 Å². The number of nitrogens with one attached hydrogen (secondary N) is 2. The number of carbonyl (C=O) groups is 3. The maximum Gasteiger partial charge on any atom is 0.322 e. The van der Waals surface area contributed by atoms with Crippen LogP contribution in [-0.2, 0) is 9.59 Å². The number of thiophene rings is 1. The third-order valence-electron chi connectivity index (χ3n) is 3.93. The minimum absolute atomic E-state index is 0.169. The molecule has 1 aromatic rings. The molecular weight excluding hydrogens is 292 g/mol. The van der Waals surface area contributed by atoms with E-state index in [1.54, 1.807) is 4.90 Å². The molecule has 21 heavy (non-hydrogen) atoms. The molecule has 7 nitrogen and oxygen atoms in total. The van der Waals surface area contributed by atoms with Crippen LogP contribution in [0.3, 0.4) is 0 Å². The molecule has 2 unspecified atom stereocenters. The first-order chi connectivity index (χ1) is 10.0.